The maximum absolute atomic E-state index is 12.0. The highest BCUT2D eigenvalue weighted by atomic mass is 32.2. The van der Waals surface area contributed by atoms with Crippen molar-refractivity contribution in [3.05, 3.63) is 35.0 Å². The van der Waals surface area contributed by atoms with Crippen molar-refractivity contribution < 1.29 is 13.5 Å². The number of anilines is 1. The van der Waals surface area contributed by atoms with Gasteiger partial charge in [-0.15, -0.1) is 11.3 Å². The molecule has 1 aromatic heterocycles. The maximum atomic E-state index is 12.0. The first-order valence-electron chi connectivity index (χ1n) is 5.13. The van der Waals surface area contributed by atoms with Crippen molar-refractivity contribution in [1.82, 2.24) is 4.98 Å². The molecule has 0 spiro atoms. The standard InChI is InChI=1S/C11H12N2O3S2/c1-7-3-4-9(5-10(7)14)13-18(15,16)11-6-12-8(2)17-11/h3-6,13-14H,1-2H3. The SMILES string of the molecule is Cc1ncc(S(=O)(=O)Nc2ccc(C)c(O)c2)s1. The molecule has 0 aliphatic heterocycles. The monoisotopic (exact) mass is 284 g/mol. The van der Waals surface area contributed by atoms with Gasteiger partial charge in [-0.3, -0.25) is 4.72 Å². The molecule has 0 atom stereocenters. The molecule has 0 unspecified atom stereocenters. The second-order valence-corrected chi connectivity index (χ2v) is 6.95. The molecule has 0 saturated heterocycles. The molecule has 2 aromatic rings. The highest BCUT2D eigenvalue weighted by molar-refractivity contribution is 7.94. The summed E-state index contributed by atoms with van der Waals surface area (Å²) in [6.07, 6.45) is 1.32. The summed E-state index contributed by atoms with van der Waals surface area (Å²) in [5.41, 5.74) is 1.01. The number of rotatable bonds is 3. The average Bonchev–Trinajstić information content (AvgIpc) is 2.71. The van der Waals surface area contributed by atoms with Gasteiger partial charge in [0.05, 0.1) is 16.9 Å². The number of thiazole rings is 1. The number of benzene rings is 1. The predicted octanol–water partition coefficient (Wildman–Crippen LogP) is 2.27. The van der Waals surface area contributed by atoms with Gasteiger partial charge in [-0.1, -0.05) is 6.07 Å². The molecule has 5 nitrogen and oxygen atoms in total. The Balaban J connectivity index is 2.30. The number of nitrogens with zero attached hydrogens (tertiary/aromatic N) is 1. The predicted molar refractivity (Wildman–Crippen MR) is 70.5 cm³/mol. The first-order chi connectivity index (χ1) is 8.38. The lowest BCUT2D eigenvalue weighted by Gasteiger charge is -2.07. The lowest BCUT2D eigenvalue weighted by atomic mass is 10.2. The summed E-state index contributed by atoms with van der Waals surface area (Å²) in [5, 5.41) is 10.2. The van der Waals surface area contributed by atoms with Gasteiger partial charge >= 0.3 is 0 Å². The van der Waals surface area contributed by atoms with Gasteiger partial charge in [0.15, 0.2) is 4.21 Å². The van der Waals surface area contributed by atoms with Crippen molar-refractivity contribution in [3.63, 3.8) is 0 Å². The average molecular weight is 284 g/mol. The van der Waals surface area contributed by atoms with Crippen LogP contribution in [0, 0.1) is 13.8 Å². The Morgan fingerprint density at radius 2 is 2.06 bits per heavy atom. The number of phenols is 1. The van der Waals surface area contributed by atoms with E-state index in [0.717, 1.165) is 11.3 Å². The third-order valence-corrected chi connectivity index (χ3v) is 5.08. The molecular weight excluding hydrogens is 272 g/mol. The first kappa shape index (κ1) is 12.8. The Morgan fingerprint density at radius 3 is 2.61 bits per heavy atom. The van der Waals surface area contributed by atoms with Crippen molar-refractivity contribution in [1.29, 1.82) is 0 Å². The second kappa shape index (κ2) is 4.58. The highest BCUT2D eigenvalue weighted by Crippen LogP contribution is 2.25. The fourth-order valence-electron chi connectivity index (χ4n) is 1.34. The first-order valence-corrected chi connectivity index (χ1v) is 7.43. The number of sulfonamides is 1. The van der Waals surface area contributed by atoms with E-state index in [1.807, 2.05) is 0 Å². The lowest BCUT2D eigenvalue weighted by Crippen LogP contribution is -2.11. The Labute approximate surface area is 109 Å². The van der Waals surface area contributed by atoms with Crippen LogP contribution in [0.3, 0.4) is 0 Å². The van der Waals surface area contributed by atoms with Gasteiger partial charge in [0.2, 0.25) is 0 Å². The van der Waals surface area contributed by atoms with Crippen LogP contribution < -0.4 is 4.72 Å². The van der Waals surface area contributed by atoms with E-state index in [0.29, 0.717) is 16.3 Å². The summed E-state index contributed by atoms with van der Waals surface area (Å²) >= 11 is 1.10. The van der Waals surface area contributed by atoms with E-state index in [9.17, 15) is 13.5 Å². The van der Waals surface area contributed by atoms with Gasteiger partial charge in [0, 0.05) is 6.07 Å². The Morgan fingerprint density at radius 1 is 1.33 bits per heavy atom. The van der Waals surface area contributed by atoms with E-state index in [1.165, 1.54) is 12.3 Å². The van der Waals surface area contributed by atoms with Crippen molar-refractivity contribution in [2.24, 2.45) is 0 Å². The topological polar surface area (TPSA) is 79.3 Å². The van der Waals surface area contributed by atoms with Crippen LogP contribution in [0.25, 0.3) is 0 Å². The molecule has 1 aromatic carbocycles. The zero-order chi connectivity index (χ0) is 13.3. The summed E-state index contributed by atoms with van der Waals surface area (Å²) in [6, 6.07) is 4.62. The lowest BCUT2D eigenvalue weighted by molar-refractivity contribution is 0.471. The molecule has 7 heteroatoms. The molecular formula is C11H12N2O3S2. The maximum Gasteiger partial charge on any atom is 0.273 e. The molecule has 2 rings (SSSR count). The normalized spacial score (nSPS) is 11.4. The van der Waals surface area contributed by atoms with E-state index in [-0.39, 0.29) is 9.96 Å². The summed E-state index contributed by atoms with van der Waals surface area (Å²) in [4.78, 5) is 3.91. The number of hydrogen-bond acceptors (Lipinski definition) is 5. The van der Waals surface area contributed by atoms with E-state index >= 15 is 0 Å². The third-order valence-electron chi connectivity index (χ3n) is 2.33. The molecule has 18 heavy (non-hydrogen) atoms. The van der Waals surface area contributed by atoms with Crippen molar-refractivity contribution in [2.75, 3.05) is 4.72 Å². The second-order valence-electron chi connectivity index (χ2n) is 3.81. The number of hydrogen-bond donors (Lipinski definition) is 2. The zero-order valence-electron chi connectivity index (χ0n) is 9.84. The summed E-state index contributed by atoms with van der Waals surface area (Å²) in [5.74, 6) is 0.0516. The summed E-state index contributed by atoms with van der Waals surface area (Å²) in [6.45, 7) is 3.47. The van der Waals surface area contributed by atoms with Crippen LogP contribution >= 0.6 is 11.3 Å². The van der Waals surface area contributed by atoms with Gasteiger partial charge in [0.1, 0.15) is 5.75 Å². The molecule has 0 saturated carbocycles. The van der Waals surface area contributed by atoms with Crippen molar-refractivity contribution in [3.8, 4) is 5.75 Å². The van der Waals surface area contributed by atoms with E-state index in [4.69, 9.17) is 0 Å². The van der Waals surface area contributed by atoms with Crippen LogP contribution in [-0.2, 0) is 10.0 Å². The van der Waals surface area contributed by atoms with Gasteiger partial charge in [-0.25, -0.2) is 13.4 Å². The minimum atomic E-state index is -3.63. The minimum Gasteiger partial charge on any atom is -0.508 e. The largest absolute Gasteiger partial charge is 0.508 e. The van der Waals surface area contributed by atoms with Crippen LogP contribution in [0.5, 0.6) is 5.75 Å². The van der Waals surface area contributed by atoms with E-state index in [2.05, 4.69) is 9.71 Å². The zero-order valence-corrected chi connectivity index (χ0v) is 11.5. The molecule has 2 N–H and O–H groups in total. The molecule has 0 bridgehead atoms. The number of aromatic nitrogens is 1. The molecule has 0 radical (unpaired) electrons. The Bertz CT molecular complexity index is 677. The highest BCUT2D eigenvalue weighted by Gasteiger charge is 2.17. The summed E-state index contributed by atoms with van der Waals surface area (Å²) < 4.78 is 26.5. The van der Waals surface area contributed by atoms with Crippen molar-refractivity contribution >= 4 is 27.0 Å². The third kappa shape index (κ3) is 2.62. The van der Waals surface area contributed by atoms with E-state index < -0.39 is 10.0 Å². The smallest absolute Gasteiger partial charge is 0.273 e. The van der Waals surface area contributed by atoms with Gasteiger partial charge in [-0.2, -0.15) is 0 Å². The van der Waals surface area contributed by atoms with Gasteiger partial charge < -0.3 is 5.11 Å². The Kier molecular flexibility index (Phi) is 3.27. The molecule has 0 aliphatic carbocycles. The summed E-state index contributed by atoms with van der Waals surface area (Å²) in [7, 11) is -3.63. The molecule has 0 aliphatic rings. The molecule has 0 amide bonds. The van der Waals surface area contributed by atoms with Crippen LogP contribution in [0.2, 0.25) is 0 Å². The number of phenolic OH excluding ortho intramolecular Hbond substituents is 1. The van der Waals surface area contributed by atoms with Crippen LogP contribution in [0.15, 0.2) is 28.6 Å². The Hall–Kier alpha value is -1.60. The van der Waals surface area contributed by atoms with Crippen LogP contribution in [0.4, 0.5) is 5.69 Å². The van der Waals surface area contributed by atoms with Gasteiger partial charge in [-0.05, 0) is 25.5 Å². The van der Waals surface area contributed by atoms with Gasteiger partial charge in [0.25, 0.3) is 10.0 Å². The number of aryl methyl sites for hydroxylation is 2. The van der Waals surface area contributed by atoms with Crippen LogP contribution in [0.1, 0.15) is 10.6 Å². The fourth-order valence-corrected chi connectivity index (χ4v) is 3.50. The molecule has 1 heterocycles. The van der Waals surface area contributed by atoms with Crippen molar-refractivity contribution in [2.45, 2.75) is 18.1 Å². The number of nitrogens with one attached hydrogen (secondary N) is 1. The number of aromatic hydroxyl groups is 1. The molecule has 96 valence electrons. The molecule has 0 fully saturated rings. The minimum absolute atomic E-state index is 0.0516. The van der Waals surface area contributed by atoms with E-state index in [1.54, 1.807) is 26.0 Å². The fraction of sp³-hybridized carbons (Fsp3) is 0.182. The quantitative estimate of drug-likeness (QED) is 0.906. The van der Waals surface area contributed by atoms with Crippen LogP contribution in [-0.4, -0.2) is 18.5 Å².